The van der Waals surface area contributed by atoms with Crippen LogP contribution >= 0.6 is 11.6 Å². The van der Waals surface area contributed by atoms with Crippen LogP contribution in [0.25, 0.3) is 22.2 Å². The molecule has 0 atom stereocenters. The predicted molar refractivity (Wildman–Crippen MR) is 127 cm³/mol. The van der Waals surface area contributed by atoms with Crippen molar-refractivity contribution < 1.29 is 0 Å². The number of unbranched alkanes of at least 4 members (excludes halogenated alkanes) is 4. The van der Waals surface area contributed by atoms with Crippen LogP contribution in [-0.2, 0) is 0 Å². The quantitative estimate of drug-likeness (QED) is 0.414. The van der Waals surface area contributed by atoms with Crippen LogP contribution in [0.5, 0.6) is 0 Å². The predicted octanol–water partition coefficient (Wildman–Crippen LogP) is 6.04. The Labute approximate surface area is 184 Å². The van der Waals surface area contributed by atoms with E-state index in [0.29, 0.717) is 5.02 Å². The molecule has 0 radical (unpaired) electrons. The number of fused-ring (bicyclic) bond motifs is 1. The molecule has 1 aliphatic rings. The third-order valence-electron chi connectivity index (χ3n) is 5.93. The van der Waals surface area contributed by atoms with Gasteiger partial charge >= 0.3 is 0 Å². The van der Waals surface area contributed by atoms with Crippen LogP contribution in [0.2, 0.25) is 5.02 Å². The maximum Gasteiger partial charge on any atom is 0.226 e. The van der Waals surface area contributed by atoms with E-state index in [1.54, 1.807) is 0 Å². The molecule has 4 rings (SSSR count). The van der Waals surface area contributed by atoms with Crippen molar-refractivity contribution in [3.05, 3.63) is 53.6 Å². The summed E-state index contributed by atoms with van der Waals surface area (Å²) in [4.78, 5) is 14.8. The first-order chi connectivity index (χ1) is 14.7. The van der Waals surface area contributed by atoms with Crippen LogP contribution in [0, 0.1) is 0 Å². The summed E-state index contributed by atoms with van der Waals surface area (Å²) in [7, 11) is 0. The maximum atomic E-state index is 6.28. The molecule has 2 heterocycles. The molecule has 5 heteroatoms. The van der Waals surface area contributed by atoms with Gasteiger partial charge in [0.15, 0.2) is 0 Å². The van der Waals surface area contributed by atoms with Gasteiger partial charge in [-0.25, -0.2) is 9.97 Å². The van der Waals surface area contributed by atoms with E-state index in [4.69, 9.17) is 21.6 Å². The summed E-state index contributed by atoms with van der Waals surface area (Å²) in [6, 6.07) is 16.2. The molecule has 0 spiro atoms. The van der Waals surface area contributed by atoms with Crippen LogP contribution in [0.1, 0.15) is 39.0 Å². The summed E-state index contributed by atoms with van der Waals surface area (Å²) in [5, 5.41) is 1.71. The zero-order valence-corrected chi connectivity index (χ0v) is 18.6. The largest absolute Gasteiger partial charge is 0.338 e. The van der Waals surface area contributed by atoms with Gasteiger partial charge in [0.2, 0.25) is 5.95 Å². The Kier molecular flexibility index (Phi) is 7.19. The lowest BCUT2D eigenvalue weighted by atomic mass is 10.1. The number of halogens is 1. The van der Waals surface area contributed by atoms with Gasteiger partial charge in [-0.2, -0.15) is 0 Å². The second-order valence-corrected chi connectivity index (χ2v) is 8.58. The summed E-state index contributed by atoms with van der Waals surface area (Å²) in [5.74, 6) is 0.825. The maximum absolute atomic E-state index is 6.28. The highest BCUT2D eigenvalue weighted by Crippen LogP contribution is 2.30. The van der Waals surface area contributed by atoms with E-state index in [2.05, 4.69) is 28.9 Å². The summed E-state index contributed by atoms with van der Waals surface area (Å²) >= 11 is 6.28. The summed E-state index contributed by atoms with van der Waals surface area (Å²) in [6.07, 6.45) is 6.70. The lowest BCUT2D eigenvalue weighted by Crippen LogP contribution is -2.47. The number of piperazine rings is 1. The van der Waals surface area contributed by atoms with E-state index in [-0.39, 0.29) is 0 Å². The normalized spacial score (nSPS) is 15.1. The van der Waals surface area contributed by atoms with Crippen molar-refractivity contribution in [1.29, 1.82) is 0 Å². The molecule has 30 heavy (non-hydrogen) atoms. The first-order valence-electron chi connectivity index (χ1n) is 11.2. The molecular formula is C25H31ClN4. The topological polar surface area (TPSA) is 32.3 Å². The Morgan fingerprint density at radius 1 is 0.867 bits per heavy atom. The van der Waals surface area contributed by atoms with E-state index < -0.39 is 0 Å². The van der Waals surface area contributed by atoms with Crippen molar-refractivity contribution in [2.45, 2.75) is 39.0 Å². The zero-order chi connectivity index (χ0) is 20.8. The average Bonchev–Trinajstić information content (AvgIpc) is 2.79. The molecule has 0 aliphatic carbocycles. The van der Waals surface area contributed by atoms with Crippen LogP contribution in [0.15, 0.2) is 48.5 Å². The van der Waals surface area contributed by atoms with E-state index in [1.807, 2.05) is 36.4 Å². The Morgan fingerprint density at radius 2 is 1.63 bits per heavy atom. The number of nitrogens with zero attached hydrogens (tertiary/aromatic N) is 4. The van der Waals surface area contributed by atoms with Gasteiger partial charge in [0.25, 0.3) is 0 Å². The second-order valence-electron chi connectivity index (χ2n) is 8.14. The monoisotopic (exact) mass is 422 g/mol. The molecule has 1 fully saturated rings. The molecule has 0 bridgehead atoms. The molecule has 0 N–H and O–H groups in total. The van der Waals surface area contributed by atoms with Crippen molar-refractivity contribution in [2.75, 3.05) is 37.6 Å². The smallest absolute Gasteiger partial charge is 0.226 e. The standard InChI is InChI=1S/C25H31ClN4/c1-2-3-4-5-9-14-29-15-17-30(18-16-29)25-27-23-13-12-21(26)19-22(23)24(28-25)20-10-7-6-8-11-20/h6-8,10-13,19H,2-5,9,14-18H2,1H3. The fraction of sp³-hybridized carbons (Fsp3) is 0.440. The number of hydrogen-bond acceptors (Lipinski definition) is 4. The summed E-state index contributed by atoms with van der Waals surface area (Å²) in [6.45, 7) is 7.59. The minimum Gasteiger partial charge on any atom is -0.338 e. The van der Waals surface area contributed by atoms with Gasteiger partial charge in [0.1, 0.15) is 0 Å². The highest BCUT2D eigenvalue weighted by atomic mass is 35.5. The van der Waals surface area contributed by atoms with E-state index in [1.165, 1.54) is 38.6 Å². The molecule has 1 saturated heterocycles. The van der Waals surface area contributed by atoms with Crippen LogP contribution in [0.4, 0.5) is 5.95 Å². The molecule has 1 aromatic heterocycles. The SMILES string of the molecule is CCCCCCCN1CCN(c2nc(-c3ccccc3)c3cc(Cl)ccc3n2)CC1. The Morgan fingerprint density at radius 3 is 2.40 bits per heavy atom. The Bertz CT molecular complexity index is 952. The fourth-order valence-corrected chi connectivity index (χ4v) is 4.33. The number of rotatable bonds is 8. The van der Waals surface area contributed by atoms with Crippen LogP contribution < -0.4 is 4.90 Å². The Hall–Kier alpha value is -2.17. The number of hydrogen-bond donors (Lipinski definition) is 0. The van der Waals surface area contributed by atoms with Crippen molar-refractivity contribution in [1.82, 2.24) is 14.9 Å². The molecule has 1 aliphatic heterocycles. The van der Waals surface area contributed by atoms with Gasteiger partial charge < -0.3 is 4.90 Å². The molecule has 2 aromatic carbocycles. The van der Waals surface area contributed by atoms with E-state index in [9.17, 15) is 0 Å². The van der Waals surface area contributed by atoms with Gasteiger partial charge in [-0.3, -0.25) is 4.90 Å². The van der Waals surface area contributed by atoms with Gasteiger partial charge in [-0.1, -0.05) is 74.5 Å². The van der Waals surface area contributed by atoms with Crippen molar-refractivity contribution in [3.8, 4) is 11.3 Å². The van der Waals surface area contributed by atoms with Gasteiger partial charge in [0, 0.05) is 42.2 Å². The lowest BCUT2D eigenvalue weighted by molar-refractivity contribution is 0.251. The molecule has 4 nitrogen and oxygen atoms in total. The number of anilines is 1. The van der Waals surface area contributed by atoms with Gasteiger partial charge in [-0.05, 0) is 31.2 Å². The number of aromatic nitrogens is 2. The second kappa shape index (κ2) is 10.2. The fourth-order valence-electron chi connectivity index (χ4n) is 4.16. The van der Waals surface area contributed by atoms with Gasteiger partial charge in [0.05, 0.1) is 11.2 Å². The highest BCUT2D eigenvalue weighted by molar-refractivity contribution is 6.31. The molecule has 0 saturated carbocycles. The van der Waals surface area contributed by atoms with E-state index >= 15 is 0 Å². The third kappa shape index (κ3) is 5.11. The minimum atomic E-state index is 0.712. The zero-order valence-electron chi connectivity index (χ0n) is 17.9. The first-order valence-corrected chi connectivity index (χ1v) is 11.6. The summed E-state index contributed by atoms with van der Waals surface area (Å²) in [5.41, 5.74) is 3.00. The number of benzene rings is 2. The molecule has 158 valence electrons. The summed E-state index contributed by atoms with van der Waals surface area (Å²) < 4.78 is 0. The van der Waals surface area contributed by atoms with E-state index in [0.717, 1.165) is 54.3 Å². The third-order valence-corrected chi connectivity index (χ3v) is 6.16. The van der Waals surface area contributed by atoms with Crippen LogP contribution in [-0.4, -0.2) is 47.6 Å². The van der Waals surface area contributed by atoms with Crippen molar-refractivity contribution in [3.63, 3.8) is 0 Å². The molecular weight excluding hydrogens is 392 g/mol. The Balaban J connectivity index is 1.49. The lowest BCUT2D eigenvalue weighted by Gasteiger charge is -2.35. The molecule has 0 unspecified atom stereocenters. The highest BCUT2D eigenvalue weighted by Gasteiger charge is 2.20. The molecule has 3 aromatic rings. The van der Waals surface area contributed by atoms with Crippen molar-refractivity contribution >= 4 is 28.5 Å². The average molecular weight is 423 g/mol. The van der Waals surface area contributed by atoms with Gasteiger partial charge in [-0.15, -0.1) is 0 Å². The minimum absolute atomic E-state index is 0.712. The van der Waals surface area contributed by atoms with Crippen molar-refractivity contribution in [2.24, 2.45) is 0 Å². The molecule has 0 amide bonds. The first kappa shape index (κ1) is 21.1. The van der Waals surface area contributed by atoms with Crippen LogP contribution in [0.3, 0.4) is 0 Å².